The molecule has 1 fully saturated rings. The summed E-state index contributed by atoms with van der Waals surface area (Å²) in [6.07, 6.45) is 0. The summed E-state index contributed by atoms with van der Waals surface area (Å²) in [5.41, 5.74) is 1.05. The first-order chi connectivity index (χ1) is 12.9. The van der Waals surface area contributed by atoms with Gasteiger partial charge in [0, 0.05) is 31.7 Å². The molecule has 144 valence electrons. The van der Waals surface area contributed by atoms with Crippen molar-refractivity contribution in [2.24, 2.45) is 0 Å². The molecule has 1 amide bonds. The van der Waals surface area contributed by atoms with Gasteiger partial charge in [-0.25, -0.2) is 8.78 Å². The summed E-state index contributed by atoms with van der Waals surface area (Å²) in [5.74, 6) is -0.189. The van der Waals surface area contributed by atoms with Gasteiger partial charge in [-0.05, 0) is 55.8 Å². The first kappa shape index (κ1) is 19.3. The van der Waals surface area contributed by atoms with Crippen LogP contribution in [-0.2, 0) is 11.3 Å². The molecule has 0 aliphatic carbocycles. The molecule has 1 aliphatic rings. The number of carbonyl (C=O) groups excluding carboxylic acids is 1. The number of rotatable bonds is 5. The van der Waals surface area contributed by atoms with Crippen molar-refractivity contribution in [1.82, 2.24) is 9.80 Å². The zero-order valence-electron chi connectivity index (χ0n) is 15.6. The predicted molar refractivity (Wildman–Crippen MR) is 99.3 cm³/mol. The molecule has 0 unspecified atom stereocenters. The average molecular weight is 374 g/mol. The Morgan fingerprint density at radius 1 is 0.963 bits per heavy atom. The lowest BCUT2D eigenvalue weighted by Crippen LogP contribution is -2.58. The van der Waals surface area contributed by atoms with E-state index in [1.807, 2.05) is 11.8 Å². The van der Waals surface area contributed by atoms with Crippen molar-refractivity contribution >= 4 is 5.91 Å². The summed E-state index contributed by atoms with van der Waals surface area (Å²) < 4.78 is 31.5. The molecule has 27 heavy (non-hydrogen) atoms. The Labute approximate surface area is 158 Å². The van der Waals surface area contributed by atoms with Crippen molar-refractivity contribution in [1.29, 1.82) is 0 Å². The highest BCUT2D eigenvalue weighted by atomic mass is 19.1. The summed E-state index contributed by atoms with van der Waals surface area (Å²) in [5, 5.41) is 0. The zero-order valence-corrected chi connectivity index (χ0v) is 15.6. The van der Waals surface area contributed by atoms with Gasteiger partial charge in [0.1, 0.15) is 17.4 Å². The SMILES string of the molecule is C[C@@H]1CN(Cc2ccc(F)cc2)[C@@H](C)CN1C(=O)COc1ccc(F)cc1. The minimum Gasteiger partial charge on any atom is -0.484 e. The highest BCUT2D eigenvalue weighted by Gasteiger charge is 2.32. The van der Waals surface area contributed by atoms with Crippen LogP contribution in [0.25, 0.3) is 0 Å². The highest BCUT2D eigenvalue weighted by Crippen LogP contribution is 2.19. The molecule has 2 atom stereocenters. The van der Waals surface area contributed by atoms with Crippen LogP contribution >= 0.6 is 0 Å². The molecule has 1 heterocycles. The third kappa shape index (κ3) is 5.04. The van der Waals surface area contributed by atoms with Crippen molar-refractivity contribution in [3.05, 3.63) is 65.7 Å². The van der Waals surface area contributed by atoms with Crippen molar-refractivity contribution < 1.29 is 18.3 Å². The molecule has 2 aromatic rings. The lowest BCUT2D eigenvalue weighted by Gasteiger charge is -2.44. The van der Waals surface area contributed by atoms with E-state index in [1.165, 1.54) is 36.4 Å². The zero-order chi connectivity index (χ0) is 19.4. The van der Waals surface area contributed by atoms with E-state index in [2.05, 4.69) is 11.8 Å². The molecule has 2 aromatic carbocycles. The van der Waals surface area contributed by atoms with Gasteiger partial charge in [-0.3, -0.25) is 9.69 Å². The number of piperazine rings is 1. The largest absolute Gasteiger partial charge is 0.484 e. The normalized spacial score (nSPS) is 20.5. The van der Waals surface area contributed by atoms with E-state index in [0.29, 0.717) is 12.3 Å². The molecule has 0 aromatic heterocycles. The molecular weight excluding hydrogens is 350 g/mol. The lowest BCUT2D eigenvalue weighted by molar-refractivity contribution is -0.139. The minimum absolute atomic E-state index is 0.0472. The van der Waals surface area contributed by atoms with Crippen LogP contribution in [-0.4, -0.2) is 47.5 Å². The lowest BCUT2D eigenvalue weighted by atomic mass is 10.1. The molecule has 0 radical (unpaired) electrons. The van der Waals surface area contributed by atoms with Gasteiger partial charge in [-0.2, -0.15) is 0 Å². The molecule has 0 spiro atoms. The van der Waals surface area contributed by atoms with E-state index >= 15 is 0 Å². The number of nitrogens with zero attached hydrogens (tertiary/aromatic N) is 2. The number of hydrogen-bond acceptors (Lipinski definition) is 3. The Hall–Kier alpha value is -2.47. The fourth-order valence-corrected chi connectivity index (χ4v) is 3.35. The van der Waals surface area contributed by atoms with Crippen molar-refractivity contribution in [3.63, 3.8) is 0 Å². The Kier molecular flexibility index (Phi) is 6.06. The Balaban J connectivity index is 1.54. The molecular formula is C21H24F2N2O2. The molecule has 1 aliphatic heterocycles. The van der Waals surface area contributed by atoms with Crippen molar-refractivity contribution in [3.8, 4) is 5.75 Å². The van der Waals surface area contributed by atoms with Crippen molar-refractivity contribution in [2.75, 3.05) is 19.7 Å². The maximum Gasteiger partial charge on any atom is 0.260 e. The Bertz CT molecular complexity index is 765. The number of hydrogen-bond donors (Lipinski definition) is 0. The van der Waals surface area contributed by atoms with Crippen LogP contribution in [0, 0.1) is 11.6 Å². The molecule has 1 saturated heterocycles. The van der Waals surface area contributed by atoms with E-state index in [4.69, 9.17) is 4.74 Å². The van der Waals surface area contributed by atoms with Crippen LogP contribution in [0.4, 0.5) is 8.78 Å². The summed E-state index contributed by atoms with van der Waals surface area (Å²) >= 11 is 0. The second-order valence-corrected chi connectivity index (χ2v) is 7.04. The van der Waals surface area contributed by atoms with Gasteiger partial charge < -0.3 is 9.64 Å². The summed E-state index contributed by atoms with van der Waals surface area (Å²) in [7, 11) is 0. The summed E-state index contributed by atoms with van der Waals surface area (Å²) in [4.78, 5) is 16.7. The highest BCUT2D eigenvalue weighted by molar-refractivity contribution is 5.78. The van der Waals surface area contributed by atoms with Crippen LogP contribution in [0.1, 0.15) is 19.4 Å². The van der Waals surface area contributed by atoms with Gasteiger partial charge in [0.25, 0.3) is 5.91 Å². The van der Waals surface area contributed by atoms with Gasteiger partial charge in [0.15, 0.2) is 6.61 Å². The minimum atomic E-state index is -0.339. The first-order valence-corrected chi connectivity index (χ1v) is 9.08. The van der Waals surface area contributed by atoms with Crippen LogP contribution in [0.5, 0.6) is 5.75 Å². The molecule has 3 rings (SSSR count). The standard InChI is InChI=1S/C21H24F2N2O2/c1-15-12-25(21(26)14-27-20-9-7-19(23)8-10-20)16(2)11-24(15)13-17-3-5-18(22)6-4-17/h3-10,15-16H,11-14H2,1-2H3/t15-,16+/m0/s1. The van der Waals surface area contributed by atoms with Crippen LogP contribution in [0.2, 0.25) is 0 Å². The van der Waals surface area contributed by atoms with Gasteiger partial charge >= 0.3 is 0 Å². The fraction of sp³-hybridized carbons (Fsp3) is 0.381. The molecule has 0 N–H and O–H groups in total. The summed E-state index contributed by atoms with van der Waals surface area (Å²) in [6, 6.07) is 12.4. The predicted octanol–water partition coefficient (Wildman–Crippen LogP) is 3.47. The number of benzene rings is 2. The number of ether oxygens (including phenoxy) is 1. The number of carbonyl (C=O) groups is 1. The molecule has 6 heteroatoms. The topological polar surface area (TPSA) is 32.8 Å². The van der Waals surface area contributed by atoms with E-state index in [9.17, 15) is 13.6 Å². The van der Waals surface area contributed by atoms with E-state index in [1.54, 1.807) is 12.1 Å². The van der Waals surface area contributed by atoms with Crippen LogP contribution in [0.3, 0.4) is 0 Å². The molecule has 0 saturated carbocycles. The summed E-state index contributed by atoms with van der Waals surface area (Å²) in [6.45, 7) is 6.09. The molecule has 0 bridgehead atoms. The van der Waals surface area contributed by atoms with E-state index in [-0.39, 0.29) is 36.2 Å². The quantitative estimate of drug-likeness (QED) is 0.804. The average Bonchev–Trinajstić information content (AvgIpc) is 2.65. The first-order valence-electron chi connectivity index (χ1n) is 9.08. The molecule has 4 nitrogen and oxygen atoms in total. The van der Waals surface area contributed by atoms with Crippen LogP contribution < -0.4 is 4.74 Å². The second kappa shape index (κ2) is 8.48. The second-order valence-electron chi connectivity index (χ2n) is 7.04. The van der Waals surface area contributed by atoms with Gasteiger partial charge in [-0.1, -0.05) is 12.1 Å². The monoisotopic (exact) mass is 374 g/mol. The number of amides is 1. The maximum atomic E-state index is 13.1. The number of halogens is 2. The maximum absolute atomic E-state index is 13.1. The Morgan fingerprint density at radius 3 is 2.19 bits per heavy atom. The van der Waals surface area contributed by atoms with Crippen LogP contribution in [0.15, 0.2) is 48.5 Å². The van der Waals surface area contributed by atoms with Gasteiger partial charge in [-0.15, -0.1) is 0 Å². The van der Waals surface area contributed by atoms with Gasteiger partial charge in [0.2, 0.25) is 0 Å². The van der Waals surface area contributed by atoms with Gasteiger partial charge in [0.05, 0.1) is 0 Å². The fourth-order valence-electron chi connectivity index (χ4n) is 3.35. The third-order valence-electron chi connectivity index (χ3n) is 4.91. The smallest absolute Gasteiger partial charge is 0.260 e. The van der Waals surface area contributed by atoms with E-state index in [0.717, 1.165) is 18.7 Å². The third-order valence-corrected chi connectivity index (χ3v) is 4.91. The Morgan fingerprint density at radius 2 is 1.56 bits per heavy atom. The van der Waals surface area contributed by atoms with E-state index < -0.39 is 0 Å². The van der Waals surface area contributed by atoms with Crippen molar-refractivity contribution in [2.45, 2.75) is 32.5 Å².